The first kappa shape index (κ1) is 15.1. The van der Waals surface area contributed by atoms with Crippen LogP contribution in [-0.4, -0.2) is 53.0 Å². The third kappa shape index (κ3) is 3.67. The van der Waals surface area contributed by atoms with Gasteiger partial charge in [-0.25, -0.2) is 4.79 Å². The lowest BCUT2D eigenvalue weighted by Gasteiger charge is -2.35. The molecule has 6 nitrogen and oxygen atoms in total. The van der Waals surface area contributed by atoms with Crippen molar-refractivity contribution < 1.29 is 9.53 Å². The van der Waals surface area contributed by atoms with Crippen molar-refractivity contribution in [3.8, 4) is 0 Å². The van der Waals surface area contributed by atoms with Crippen molar-refractivity contribution >= 4 is 11.9 Å². The Bertz CT molecular complexity index is 526. The van der Waals surface area contributed by atoms with Crippen LogP contribution in [-0.2, 0) is 4.74 Å². The molecule has 22 heavy (non-hydrogen) atoms. The third-order valence-electron chi connectivity index (χ3n) is 3.92. The summed E-state index contributed by atoms with van der Waals surface area (Å²) in [7, 11) is 0. The van der Waals surface area contributed by atoms with E-state index in [-0.39, 0.29) is 6.09 Å². The summed E-state index contributed by atoms with van der Waals surface area (Å²) in [5.41, 5.74) is 0.661. The average Bonchev–Trinajstić information content (AvgIpc) is 3.30. The van der Waals surface area contributed by atoms with Crippen LogP contribution < -0.4 is 4.90 Å². The van der Waals surface area contributed by atoms with Crippen LogP contribution in [0.3, 0.4) is 0 Å². The maximum Gasteiger partial charge on any atom is 0.410 e. The molecule has 0 bridgehead atoms. The Morgan fingerprint density at radius 1 is 1.14 bits per heavy atom. The summed E-state index contributed by atoms with van der Waals surface area (Å²) in [5.74, 6) is 1.53. The SMILES string of the molecule is CC(C)(C)OC(=O)N1CCN(c2ccc(C3CC3)nn2)CC1. The van der Waals surface area contributed by atoms with Gasteiger partial charge in [-0.2, -0.15) is 5.10 Å². The van der Waals surface area contributed by atoms with Crippen LogP contribution in [0.25, 0.3) is 0 Å². The standard InChI is InChI=1S/C16H24N4O2/c1-16(2,3)22-15(21)20-10-8-19(9-11-20)14-7-6-13(17-18-14)12-4-5-12/h6-7,12H,4-5,8-11H2,1-3H3. The Balaban J connectivity index is 1.53. The molecule has 0 aromatic carbocycles. The maximum atomic E-state index is 12.0. The van der Waals surface area contributed by atoms with E-state index in [2.05, 4.69) is 21.2 Å². The molecule has 1 aliphatic carbocycles. The van der Waals surface area contributed by atoms with Crippen LogP contribution in [0.4, 0.5) is 10.6 Å². The molecule has 0 N–H and O–H groups in total. The van der Waals surface area contributed by atoms with E-state index in [0.717, 1.165) is 24.6 Å². The minimum Gasteiger partial charge on any atom is -0.444 e. The first-order chi connectivity index (χ1) is 10.4. The van der Waals surface area contributed by atoms with Crippen molar-refractivity contribution in [1.29, 1.82) is 0 Å². The van der Waals surface area contributed by atoms with Gasteiger partial charge in [0.1, 0.15) is 5.60 Å². The number of anilines is 1. The van der Waals surface area contributed by atoms with Crippen molar-refractivity contribution in [2.24, 2.45) is 0 Å². The molecule has 2 aliphatic rings. The molecular weight excluding hydrogens is 280 g/mol. The fourth-order valence-electron chi connectivity index (χ4n) is 2.55. The van der Waals surface area contributed by atoms with E-state index in [1.165, 1.54) is 12.8 Å². The highest BCUT2D eigenvalue weighted by Gasteiger charge is 2.28. The highest BCUT2D eigenvalue weighted by Crippen LogP contribution is 2.38. The molecule has 1 aromatic heterocycles. The van der Waals surface area contributed by atoms with E-state index in [0.29, 0.717) is 19.0 Å². The molecule has 1 saturated carbocycles. The first-order valence-electron chi connectivity index (χ1n) is 7.99. The third-order valence-corrected chi connectivity index (χ3v) is 3.92. The van der Waals surface area contributed by atoms with E-state index in [1.54, 1.807) is 4.90 Å². The molecule has 0 spiro atoms. The zero-order valence-corrected chi connectivity index (χ0v) is 13.6. The number of carbonyl (C=O) groups excluding carboxylic acids is 1. The predicted molar refractivity (Wildman–Crippen MR) is 84.0 cm³/mol. The number of carbonyl (C=O) groups is 1. The lowest BCUT2D eigenvalue weighted by molar-refractivity contribution is 0.0240. The Morgan fingerprint density at radius 3 is 2.32 bits per heavy atom. The summed E-state index contributed by atoms with van der Waals surface area (Å²) in [5, 5.41) is 8.66. The van der Waals surface area contributed by atoms with Gasteiger partial charge in [-0.1, -0.05) is 0 Å². The zero-order valence-electron chi connectivity index (χ0n) is 13.6. The van der Waals surface area contributed by atoms with Crippen LogP contribution in [0, 0.1) is 0 Å². The molecule has 0 atom stereocenters. The summed E-state index contributed by atoms with van der Waals surface area (Å²) in [6.07, 6.45) is 2.24. The van der Waals surface area contributed by atoms with Crippen molar-refractivity contribution in [3.63, 3.8) is 0 Å². The zero-order chi connectivity index (χ0) is 15.7. The van der Waals surface area contributed by atoms with Gasteiger partial charge in [0.25, 0.3) is 0 Å². The fraction of sp³-hybridized carbons (Fsp3) is 0.688. The van der Waals surface area contributed by atoms with E-state index < -0.39 is 5.60 Å². The first-order valence-corrected chi connectivity index (χ1v) is 7.99. The second-order valence-electron chi connectivity index (χ2n) is 7.05. The van der Waals surface area contributed by atoms with Gasteiger partial charge < -0.3 is 14.5 Å². The molecule has 1 aliphatic heterocycles. The van der Waals surface area contributed by atoms with Crippen LogP contribution >= 0.6 is 0 Å². The Morgan fingerprint density at radius 2 is 1.82 bits per heavy atom. The molecule has 3 rings (SSSR count). The second-order valence-corrected chi connectivity index (χ2v) is 7.05. The van der Waals surface area contributed by atoms with Gasteiger partial charge in [0.2, 0.25) is 0 Å². The molecule has 6 heteroatoms. The summed E-state index contributed by atoms with van der Waals surface area (Å²) in [4.78, 5) is 16.0. The highest BCUT2D eigenvalue weighted by atomic mass is 16.6. The number of ether oxygens (including phenoxy) is 1. The van der Waals surface area contributed by atoms with Crippen molar-refractivity contribution in [2.75, 3.05) is 31.1 Å². The van der Waals surface area contributed by atoms with Crippen LogP contribution in [0.1, 0.15) is 45.2 Å². The van der Waals surface area contributed by atoms with Crippen molar-refractivity contribution in [3.05, 3.63) is 17.8 Å². The van der Waals surface area contributed by atoms with Crippen LogP contribution in [0.2, 0.25) is 0 Å². The van der Waals surface area contributed by atoms with E-state index in [9.17, 15) is 4.79 Å². The Kier molecular flexibility index (Phi) is 3.93. The van der Waals surface area contributed by atoms with Crippen LogP contribution in [0.5, 0.6) is 0 Å². The Labute approximate surface area is 131 Å². The monoisotopic (exact) mass is 304 g/mol. The van der Waals surface area contributed by atoms with Gasteiger partial charge >= 0.3 is 6.09 Å². The van der Waals surface area contributed by atoms with Crippen molar-refractivity contribution in [2.45, 2.75) is 45.1 Å². The summed E-state index contributed by atoms with van der Waals surface area (Å²) in [6, 6.07) is 4.13. The normalized spacial score (nSPS) is 19.2. The van der Waals surface area contributed by atoms with Crippen molar-refractivity contribution in [1.82, 2.24) is 15.1 Å². The fourth-order valence-corrected chi connectivity index (χ4v) is 2.55. The second kappa shape index (κ2) is 5.74. The minimum absolute atomic E-state index is 0.234. The number of piperazine rings is 1. The molecule has 120 valence electrons. The number of hydrogen-bond donors (Lipinski definition) is 0. The molecule has 0 unspecified atom stereocenters. The van der Waals surface area contributed by atoms with Gasteiger partial charge in [-0.3, -0.25) is 0 Å². The number of nitrogens with zero attached hydrogens (tertiary/aromatic N) is 4. The molecular formula is C16H24N4O2. The molecule has 1 amide bonds. The molecule has 2 fully saturated rings. The van der Waals surface area contributed by atoms with Gasteiger partial charge in [0.05, 0.1) is 5.69 Å². The van der Waals surface area contributed by atoms with E-state index >= 15 is 0 Å². The van der Waals surface area contributed by atoms with Gasteiger partial charge in [0, 0.05) is 32.1 Å². The van der Waals surface area contributed by atoms with Crippen LogP contribution in [0.15, 0.2) is 12.1 Å². The lowest BCUT2D eigenvalue weighted by Crippen LogP contribution is -2.50. The van der Waals surface area contributed by atoms with Gasteiger partial charge in [-0.15, -0.1) is 5.10 Å². The largest absolute Gasteiger partial charge is 0.444 e. The highest BCUT2D eigenvalue weighted by molar-refractivity contribution is 5.68. The van der Waals surface area contributed by atoms with E-state index in [1.807, 2.05) is 26.8 Å². The Hall–Kier alpha value is -1.85. The lowest BCUT2D eigenvalue weighted by atomic mass is 10.2. The topological polar surface area (TPSA) is 58.6 Å². The quantitative estimate of drug-likeness (QED) is 0.840. The minimum atomic E-state index is -0.446. The molecule has 1 saturated heterocycles. The summed E-state index contributed by atoms with van der Waals surface area (Å²) >= 11 is 0. The van der Waals surface area contributed by atoms with Gasteiger partial charge in [0.15, 0.2) is 5.82 Å². The summed E-state index contributed by atoms with van der Waals surface area (Å²) in [6.45, 7) is 8.49. The van der Waals surface area contributed by atoms with E-state index in [4.69, 9.17) is 4.74 Å². The number of amides is 1. The number of aromatic nitrogens is 2. The molecule has 2 heterocycles. The molecule has 1 aromatic rings. The smallest absolute Gasteiger partial charge is 0.410 e. The summed E-state index contributed by atoms with van der Waals surface area (Å²) < 4.78 is 5.41. The molecule has 0 radical (unpaired) electrons. The maximum absolute atomic E-state index is 12.0. The number of hydrogen-bond acceptors (Lipinski definition) is 5. The van der Waals surface area contributed by atoms with Gasteiger partial charge in [-0.05, 0) is 45.7 Å². The predicted octanol–water partition coefficient (Wildman–Crippen LogP) is 2.41. The number of rotatable bonds is 2. The average molecular weight is 304 g/mol.